The Morgan fingerprint density at radius 2 is 1.49 bits per heavy atom. The summed E-state index contributed by atoms with van der Waals surface area (Å²) in [6.07, 6.45) is 0. The first-order chi connectivity index (χ1) is 16.7. The van der Waals surface area contributed by atoms with E-state index in [4.69, 9.17) is 21.1 Å². The molecule has 0 atom stereocenters. The lowest BCUT2D eigenvalue weighted by atomic mass is 10.1. The van der Waals surface area contributed by atoms with Gasteiger partial charge in [0.2, 0.25) is 0 Å². The van der Waals surface area contributed by atoms with Crippen molar-refractivity contribution in [3.8, 4) is 11.5 Å². The van der Waals surface area contributed by atoms with E-state index >= 15 is 0 Å². The monoisotopic (exact) mass is 490 g/mol. The van der Waals surface area contributed by atoms with Gasteiger partial charge in [-0.15, -0.1) is 0 Å². The molecule has 7 nitrogen and oxygen atoms in total. The summed E-state index contributed by atoms with van der Waals surface area (Å²) in [5.74, 6) is -0.574. The van der Waals surface area contributed by atoms with Gasteiger partial charge in [-0.1, -0.05) is 23.7 Å². The highest BCUT2D eigenvalue weighted by Crippen LogP contribution is 2.31. The number of methoxy groups -OCH3 is 1. The van der Waals surface area contributed by atoms with Gasteiger partial charge in [-0.05, 0) is 86.0 Å². The molecule has 3 aromatic rings. The number of esters is 1. The molecular weight excluding hydrogens is 468 g/mol. The summed E-state index contributed by atoms with van der Waals surface area (Å²) in [6.45, 7) is 5.75. The zero-order valence-electron chi connectivity index (χ0n) is 19.6. The number of anilines is 2. The number of benzene rings is 3. The van der Waals surface area contributed by atoms with Crippen molar-refractivity contribution < 1.29 is 23.9 Å². The predicted octanol–water partition coefficient (Wildman–Crippen LogP) is 5.28. The predicted molar refractivity (Wildman–Crippen MR) is 134 cm³/mol. The highest BCUT2D eigenvalue weighted by atomic mass is 35.5. The summed E-state index contributed by atoms with van der Waals surface area (Å²) in [6, 6.07) is 16.7. The lowest BCUT2D eigenvalue weighted by Crippen LogP contribution is -2.32. The van der Waals surface area contributed by atoms with Gasteiger partial charge >= 0.3 is 5.97 Å². The molecule has 35 heavy (non-hydrogen) atoms. The number of imide groups is 1. The number of nitrogens with zero attached hydrogens (tertiary/aromatic N) is 1. The van der Waals surface area contributed by atoms with Crippen molar-refractivity contribution in [1.29, 1.82) is 0 Å². The molecule has 178 valence electrons. The van der Waals surface area contributed by atoms with Crippen molar-refractivity contribution in [2.45, 2.75) is 20.8 Å². The minimum Gasteiger partial charge on any atom is -0.497 e. The Balaban J connectivity index is 1.49. The van der Waals surface area contributed by atoms with Crippen LogP contribution in [0.2, 0.25) is 0 Å². The molecule has 0 saturated carbocycles. The van der Waals surface area contributed by atoms with E-state index < -0.39 is 17.8 Å². The molecule has 3 aromatic carbocycles. The van der Waals surface area contributed by atoms with E-state index in [-0.39, 0.29) is 10.7 Å². The lowest BCUT2D eigenvalue weighted by Gasteiger charge is -2.15. The van der Waals surface area contributed by atoms with Gasteiger partial charge in [0.1, 0.15) is 22.2 Å². The Kier molecular flexibility index (Phi) is 6.62. The van der Waals surface area contributed by atoms with Crippen LogP contribution in [-0.4, -0.2) is 24.9 Å². The van der Waals surface area contributed by atoms with Gasteiger partial charge in [0.25, 0.3) is 11.8 Å². The van der Waals surface area contributed by atoms with E-state index in [1.807, 2.05) is 32.9 Å². The third-order valence-corrected chi connectivity index (χ3v) is 6.17. The number of ether oxygens (including phenoxy) is 2. The largest absolute Gasteiger partial charge is 0.497 e. The number of nitrogens with one attached hydrogen (secondary N) is 1. The minimum absolute atomic E-state index is 0.0474. The van der Waals surface area contributed by atoms with Gasteiger partial charge in [-0.3, -0.25) is 9.59 Å². The molecular formula is C27H23ClN2O5. The van der Waals surface area contributed by atoms with Gasteiger partial charge < -0.3 is 14.8 Å². The number of halogens is 1. The highest BCUT2D eigenvalue weighted by Gasteiger charge is 2.39. The number of amides is 2. The summed E-state index contributed by atoms with van der Waals surface area (Å²) in [5.41, 5.74) is 3.95. The van der Waals surface area contributed by atoms with E-state index in [9.17, 15) is 14.4 Å². The molecule has 1 N–H and O–H groups in total. The molecule has 0 radical (unpaired) electrons. The Bertz CT molecular complexity index is 1360. The van der Waals surface area contributed by atoms with Crippen molar-refractivity contribution in [3.63, 3.8) is 0 Å². The number of carbonyl (C=O) groups excluding carboxylic acids is 3. The Morgan fingerprint density at radius 1 is 0.857 bits per heavy atom. The van der Waals surface area contributed by atoms with Crippen molar-refractivity contribution in [1.82, 2.24) is 0 Å². The molecule has 0 fully saturated rings. The van der Waals surface area contributed by atoms with E-state index in [1.165, 1.54) is 7.11 Å². The van der Waals surface area contributed by atoms with E-state index in [1.54, 1.807) is 48.5 Å². The molecule has 1 aliphatic heterocycles. The second-order valence-corrected chi connectivity index (χ2v) is 8.46. The van der Waals surface area contributed by atoms with E-state index in [2.05, 4.69) is 5.32 Å². The first-order valence-electron chi connectivity index (χ1n) is 10.8. The average molecular weight is 491 g/mol. The molecule has 4 rings (SSSR count). The third-order valence-electron chi connectivity index (χ3n) is 5.82. The van der Waals surface area contributed by atoms with Crippen molar-refractivity contribution in [2.24, 2.45) is 0 Å². The number of rotatable bonds is 6. The van der Waals surface area contributed by atoms with Gasteiger partial charge in [0.05, 0.1) is 18.4 Å². The molecule has 0 bridgehead atoms. The zero-order valence-corrected chi connectivity index (χ0v) is 20.4. The number of hydrogen-bond donors (Lipinski definition) is 1. The average Bonchev–Trinajstić information content (AvgIpc) is 3.07. The molecule has 0 aliphatic carbocycles. The molecule has 0 unspecified atom stereocenters. The fourth-order valence-electron chi connectivity index (χ4n) is 3.65. The van der Waals surface area contributed by atoms with Crippen LogP contribution < -0.4 is 19.7 Å². The maximum Gasteiger partial charge on any atom is 0.343 e. The smallest absolute Gasteiger partial charge is 0.343 e. The SMILES string of the molecule is COc1ccc(N2C(=O)C(Cl)=C(Nc3ccc(C(=O)Oc4c(C)ccc(C)c4C)cc3)C2=O)cc1. The molecule has 1 aliphatic rings. The maximum atomic E-state index is 13.0. The highest BCUT2D eigenvalue weighted by molar-refractivity contribution is 6.53. The summed E-state index contributed by atoms with van der Waals surface area (Å²) < 4.78 is 10.8. The topological polar surface area (TPSA) is 84.9 Å². The lowest BCUT2D eigenvalue weighted by molar-refractivity contribution is -0.120. The van der Waals surface area contributed by atoms with Gasteiger partial charge in [0, 0.05) is 5.69 Å². The maximum absolute atomic E-state index is 13.0. The standard InChI is InChI=1S/C27H23ClN2O5/c1-15-5-6-16(2)24(17(15)3)35-27(33)18-7-9-19(10-8-18)29-23-22(28)25(31)30(26(23)32)20-11-13-21(34-4)14-12-20/h5-14,29H,1-4H3. The van der Waals surface area contributed by atoms with Crippen LogP contribution in [0.4, 0.5) is 11.4 Å². The number of hydrogen-bond acceptors (Lipinski definition) is 6. The van der Waals surface area contributed by atoms with E-state index in [0.717, 1.165) is 21.6 Å². The Labute approximate surface area is 207 Å². The molecule has 0 aromatic heterocycles. The Hall–Kier alpha value is -4.10. The molecule has 2 amide bonds. The van der Waals surface area contributed by atoms with Crippen LogP contribution in [0.3, 0.4) is 0 Å². The second kappa shape index (κ2) is 9.64. The fraction of sp³-hybridized carbons (Fsp3) is 0.148. The van der Waals surface area contributed by atoms with Crippen LogP contribution in [-0.2, 0) is 9.59 Å². The first kappa shape index (κ1) is 24.0. The van der Waals surface area contributed by atoms with Crippen LogP contribution in [0.25, 0.3) is 0 Å². The summed E-state index contributed by atoms with van der Waals surface area (Å²) in [5, 5.41) is 2.67. The molecule has 0 saturated heterocycles. The fourth-order valence-corrected chi connectivity index (χ4v) is 3.86. The second-order valence-electron chi connectivity index (χ2n) is 8.08. The summed E-state index contributed by atoms with van der Waals surface area (Å²) in [4.78, 5) is 39.3. The minimum atomic E-state index is -0.631. The molecule has 1 heterocycles. The number of aryl methyl sites for hydroxylation is 2. The van der Waals surface area contributed by atoms with Crippen molar-refractivity contribution in [3.05, 3.63) is 93.6 Å². The van der Waals surface area contributed by atoms with Gasteiger partial charge in [0.15, 0.2) is 0 Å². The summed E-state index contributed by atoms with van der Waals surface area (Å²) >= 11 is 6.20. The van der Waals surface area contributed by atoms with Crippen molar-refractivity contribution >= 4 is 40.8 Å². The third kappa shape index (κ3) is 4.63. The normalized spacial score (nSPS) is 13.3. The van der Waals surface area contributed by atoms with Crippen LogP contribution in [0, 0.1) is 20.8 Å². The van der Waals surface area contributed by atoms with E-state index in [0.29, 0.717) is 28.4 Å². The summed E-state index contributed by atoms with van der Waals surface area (Å²) in [7, 11) is 1.53. The van der Waals surface area contributed by atoms with Crippen LogP contribution in [0.5, 0.6) is 11.5 Å². The zero-order chi connectivity index (χ0) is 25.3. The Morgan fingerprint density at radius 3 is 2.11 bits per heavy atom. The molecule has 0 spiro atoms. The van der Waals surface area contributed by atoms with Crippen LogP contribution in [0.1, 0.15) is 27.0 Å². The first-order valence-corrected chi connectivity index (χ1v) is 11.2. The van der Waals surface area contributed by atoms with Crippen molar-refractivity contribution in [2.75, 3.05) is 17.3 Å². The van der Waals surface area contributed by atoms with Gasteiger partial charge in [-0.2, -0.15) is 0 Å². The van der Waals surface area contributed by atoms with Crippen LogP contribution >= 0.6 is 11.6 Å². The van der Waals surface area contributed by atoms with Crippen LogP contribution in [0.15, 0.2) is 71.4 Å². The van der Waals surface area contributed by atoms with Gasteiger partial charge in [-0.25, -0.2) is 9.69 Å². The molecule has 8 heteroatoms. The number of carbonyl (C=O) groups is 3. The quantitative estimate of drug-likeness (QED) is 0.287.